The fourth-order valence-corrected chi connectivity index (χ4v) is 2.89. The number of nitrogens with zero attached hydrogens (tertiary/aromatic N) is 2. The molecule has 2 fully saturated rings. The molecular formula is C15H19N3O4. The number of carbonyl (C=O) groups excluding carboxylic acids is 1. The monoisotopic (exact) mass is 305 g/mol. The molecule has 0 aromatic heterocycles. The molecule has 1 aromatic carbocycles. The highest BCUT2D eigenvalue weighted by molar-refractivity contribution is 5.81. The van der Waals surface area contributed by atoms with Crippen molar-refractivity contribution in [3.8, 4) is 5.75 Å². The third-order valence-corrected chi connectivity index (χ3v) is 3.99. The molecule has 1 N–H and O–H groups in total. The SMILES string of the molecule is CCOc1cccc(N[C@H]2CC(=O)N(C3CC3)C2)c1[N+](=O)[O-]. The number of likely N-dealkylation sites (tertiary alicyclic amines) is 1. The van der Waals surface area contributed by atoms with Crippen LogP contribution < -0.4 is 10.1 Å². The van der Waals surface area contributed by atoms with Gasteiger partial charge in [-0.2, -0.15) is 0 Å². The van der Waals surface area contributed by atoms with E-state index in [9.17, 15) is 14.9 Å². The summed E-state index contributed by atoms with van der Waals surface area (Å²) in [7, 11) is 0. The third-order valence-electron chi connectivity index (χ3n) is 3.99. The van der Waals surface area contributed by atoms with Crippen molar-refractivity contribution in [3.63, 3.8) is 0 Å². The number of para-hydroxylation sites is 1. The second kappa shape index (κ2) is 5.82. The van der Waals surface area contributed by atoms with Crippen LogP contribution >= 0.6 is 0 Å². The van der Waals surface area contributed by atoms with Gasteiger partial charge < -0.3 is 15.0 Å². The summed E-state index contributed by atoms with van der Waals surface area (Å²) in [5.74, 6) is 0.379. The van der Waals surface area contributed by atoms with Gasteiger partial charge in [0.1, 0.15) is 5.69 Å². The Kier molecular flexibility index (Phi) is 3.87. The average Bonchev–Trinajstić information content (AvgIpc) is 3.23. The fraction of sp³-hybridized carbons (Fsp3) is 0.533. The molecule has 7 heteroatoms. The Balaban J connectivity index is 1.78. The summed E-state index contributed by atoms with van der Waals surface area (Å²) in [6, 6.07) is 5.25. The van der Waals surface area contributed by atoms with Gasteiger partial charge in [0.25, 0.3) is 0 Å². The first-order valence-electron chi connectivity index (χ1n) is 7.56. The van der Waals surface area contributed by atoms with Gasteiger partial charge in [-0.15, -0.1) is 0 Å². The van der Waals surface area contributed by atoms with E-state index in [1.54, 1.807) is 25.1 Å². The first kappa shape index (κ1) is 14.6. The number of nitro benzene ring substituents is 1. The molecule has 1 heterocycles. The van der Waals surface area contributed by atoms with E-state index in [4.69, 9.17) is 4.74 Å². The smallest absolute Gasteiger partial charge is 0.333 e. The summed E-state index contributed by atoms with van der Waals surface area (Å²) < 4.78 is 5.33. The number of rotatable bonds is 6. The lowest BCUT2D eigenvalue weighted by atomic mass is 10.2. The molecule has 1 aliphatic heterocycles. The number of anilines is 1. The van der Waals surface area contributed by atoms with Crippen molar-refractivity contribution in [3.05, 3.63) is 28.3 Å². The van der Waals surface area contributed by atoms with Crippen molar-refractivity contribution in [2.45, 2.75) is 38.3 Å². The summed E-state index contributed by atoms with van der Waals surface area (Å²) >= 11 is 0. The second-order valence-electron chi connectivity index (χ2n) is 5.67. The first-order chi connectivity index (χ1) is 10.6. The Morgan fingerprint density at radius 1 is 1.45 bits per heavy atom. The maximum atomic E-state index is 12.0. The fourth-order valence-electron chi connectivity index (χ4n) is 2.89. The summed E-state index contributed by atoms with van der Waals surface area (Å²) in [6.45, 7) is 2.76. The molecule has 0 bridgehead atoms. The van der Waals surface area contributed by atoms with Crippen molar-refractivity contribution >= 4 is 17.3 Å². The van der Waals surface area contributed by atoms with E-state index in [1.165, 1.54) is 0 Å². The molecule has 118 valence electrons. The van der Waals surface area contributed by atoms with Gasteiger partial charge in [-0.25, -0.2) is 0 Å². The highest BCUT2D eigenvalue weighted by atomic mass is 16.6. The molecule has 0 radical (unpaired) electrons. The average molecular weight is 305 g/mol. The molecule has 3 rings (SSSR count). The maximum absolute atomic E-state index is 12.0. The Morgan fingerprint density at radius 3 is 2.86 bits per heavy atom. The van der Waals surface area contributed by atoms with E-state index in [-0.39, 0.29) is 23.4 Å². The number of hydrogen-bond acceptors (Lipinski definition) is 5. The zero-order chi connectivity index (χ0) is 15.7. The molecule has 1 saturated carbocycles. The van der Waals surface area contributed by atoms with Crippen LogP contribution in [0.2, 0.25) is 0 Å². The van der Waals surface area contributed by atoms with Crippen LogP contribution in [0.15, 0.2) is 18.2 Å². The minimum atomic E-state index is -0.442. The zero-order valence-electron chi connectivity index (χ0n) is 12.4. The van der Waals surface area contributed by atoms with Gasteiger partial charge in [0, 0.05) is 19.0 Å². The van der Waals surface area contributed by atoms with E-state index in [1.807, 2.05) is 4.90 Å². The van der Waals surface area contributed by atoms with Gasteiger partial charge in [0.15, 0.2) is 5.75 Å². The Bertz CT molecular complexity index is 600. The van der Waals surface area contributed by atoms with Crippen LogP contribution in [0.3, 0.4) is 0 Å². The largest absolute Gasteiger partial charge is 0.487 e. The Labute approximate surface area is 128 Å². The van der Waals surface area contributed by atoms with E-state index >= 15 is 0 Å². The highest BCUT2D eigenvalue weighted by Crippen LogP contribution is 2.37. The molecule has 0 unspecified atom stereocenters. The van der Waals surface area contributed by atoms with Crippen LogP contribution in [0.4, 0.5) is 11.4 Å². The normalized spacial score (nSPS) is 21.0. The topological polar surface area (TPSA) is 84.7 Å². The Morgan fingerprint density at radius 2 is 2.23 bits per heavy atom. The van der Waals surface area contributed by atoms with E-state index in [2.05, 4.69) is 5.32 Å². The number of nitrogens with one attached hydrogen (secondary N) is 1. The number of ether oxygens (including phenoxy) is 1. The van der Waals surface area contributed by atoms with Crippen LogP contribution in [-0.2, 0) is 4.79 Å². The van der Waals surface area contributed by atoms with Crippen molar-refractivity contribution < 1.29 is 14.5 Å². The maximum Gasteiger partial charge on any atom is 0.333 e. The second-order valence-corrected chi connectivity index (χ2v) is 5.67. The standard InChI is InChI=1S/C15H19N3O4/c1-2-22-13-5-3-4-12(15(13)18(20)21)16-10-8-14(19)17(9-10)11-6-7-11/h3-5,10-11,16H,2,6-9H2,1H3/t10-/m0/s1. The quantitative estimate of drug-likeness (QED) is 0.643. The molecule has 1 saturated heterocycles. The number of amides is 1. The van der Waals surface area contributed by atoms with Crippen molar-refractivity contribution in [1.29, 1.82) is 0 Å². The molecule has 2 aliphatic rings. The van der Waals surface area contributed by atoms with E-state index in [0.29, 0.717) is 31.3 Å². The predicted octanol–water partition coefficient (Wildman–Crippen LogP) is 2.17. The van der Waals surface area contributed by atoms with Gasteiger partial charge in [-0.05, 0) is 31.9 Å². The van der Waals surface area contributed by atoms with Crippen LogP contribution in [0.25, 0.3) is 0 Å². The van der Waals surface area contributed by atoms with Crippen molar-refractivity contribution in [2.75, 3.05) is 18.5 Å². The summed E-state index contributed by atoms with van der Waals surface area (Å²) in [4.78, 5) is 24.8. The zero-order valence-corrected chi connectivity index (χ0v) is 12.4. The number of benzene rings is 1. The van der Waals surface area contributed by atoms with E-state index in [0.717, 1.165) is 12.8 Å². The predicted molar refractivity (Wildman–Crippen MR) is 81.0 cm³/mol. The molecule has 1 aromatic rings. The number of hydrogen-bond donors (Lipinski definition) is 1. The molecule has 1 atom stereocenters. The van der Waals surface area contributed by atoms with Crippen molar-refractivity contribution in [2.24, 2.45) is 0 Å². The molecule has 1 amide bonds. The molecule has 0 spiro atoms. The highest BCUT2D eigenvalue weighted by Gasteiger charge is 2.39. The molecule has 22 heavy (non-hydrogen) atoms. The minimum absolute atomic E-state index is 0.0679. The number of nitro groups is 1. The lowest BCUT2D eigenvalue weighted by molar-refractivity contribution is -0.385. The summed E-state index contributed by atoms with van der Waals surface area (Å²) in [6.07, 6.45) is 2.52. The summed E-state index contributed by atoms with van der Waals surface area (Å²) in [5, 5.41) is 14.5. The van der Waals surface area contributed by atoms with Crippen molar-refractivity contribution in [1.82, 2.24) is 4.90 Å². The number of carbonyl (C=O) groups is 1. The molecular weight excluding hydrogens is 286 g/mol. The van der Waals surface area contributed by atoms with Crippen LogP contribution in [0.1, 0.15) is 26.2 Å². The lowest BCUT2D eigenvalue weighted by Gasteiger charge is -2.17. The first-order valence-corrected chi connectivity index (χ1v) is 7.56. The lowest BCUT2D eigenvalue weighted by Crippen LogP contribution is -2.29. The van der Waals surface area contributed by atoms with Crippen LogP contribution in [0, 0.1) is 10.1 Å². The van der Waals surface area contributed by atoms with Gasteiger partial charge in [0.05, 0.1) is 17.6 Å². The molecule has 1 aliphatic carbocycles. The minimum Gasteiger partial charge on any atom is -0.487 e. The van der Waals surface area contributed by atoms with Gasteiger partial charge >= 0.3 is 5.69 Å². The van der Waals surface area contributed by atoms with Gasteiger partial charge in [-0.3, -0.25) is 14.9 Å². The van der Waals surface area contributed by atoms with Crippen LogP contribution in [-0.4, -0.2) is 41.0 Å². The summed E-state index contributed by atoms with van der Waals surface area (Å²) in [5.41, 5.74) is 0.341. The Hall–Kier alpha value is -2.31. The van der Waals surface area contributed by atoms with Gasteiger partial charge in [0.2, 0.25) is 5.91 Å². The van der Waals surface area contributed by atoms with Gasteiger partial charge in [-0.1, -0.05) is 6.07 Å². The molecule has 7 nitrogen and oxygen atoms in total. The van der Waals surface area contributed by atoms with E-state index < -0.39 is 4.92 Å². The van der Waals surface area contributed by atoms with Crippen LogP contribution in [0.5, 0.6) is 5.75 Å². The third kappa shape index (κ3) is 2.84.